The smallest absolute Gasteiger partial charge is 0.311 e. The fraction of sp³-hybridized carbons (Fsp3) is 0.143. The zero-order valence-electron chi connectivity index (χ0n) is 10.9. The monoisotopic (exact) mass is 327 g/mol. The first-order valence-electron chi connectivity index (χ1n) is 5.98. The van der Waals surface area contributed by atoms with Gasteiger partial charge in [-0.15, -0.1) is 0 Å². The molecule has 0 heterocycles. The van der Waals surface area contributed by atoms with Crippen LogP contribution < -0.4 is 4.74 Å². The Labute approximate surface area is 130 Å². The molecule has 21 heavy (non-hydrogen) atoms. The highest BCUT2D eigenvalue weighted by molar-refractivity contribution is 6.31. The quantitative estimate of drug-likeness (QED) is 0.649. The predicted octanol–water partition coefficient (Wildman–Crippen LogP) is 4.75. The predicted molar refractivity (Wildman–Crippen MR) is 80.3 cm³/mol. The summed E-state index contributed by atoms with van der Waals surface area (Å²) in [7, 11) is 0. The summed E-state index contributed by atoms with van der Waals surface area (Å²) in [6, 6.07) is 8.68. The lowest BCUT2D eigenvalue weighted by Crippen LogP contribution is -1.95. The van der Waals surface area contributed by atoms with Crippen LogP contribution in [0.1, 0.15) is 18.6 Å². The molecule has 0 aliphatic carbocycles. The molecule has 0 amide bonds. The third kappa shape index (κ3) is 3.64. The van der Waals surface area contributed by atoms with Crippen LogP contribution >= 0.6 is 23.2 Å². The van der Waals surface area contributed by atoms with E-state index in [2.05, 4.69) is 0 Å². The van der Waals surface area contributed by atoms with Crippen LogP contribution in [0.2, 0.25) is 10.0 Å². The maximum absolute atomic E-state index is 11.0. The molecule has 1 N–H and O–H groups in total. The van der Waals surface area contributed by atoms with Gasteiger partial charge < -0.3 is 9.84 Å². The molecule has 0 fully saturated rings. The van der Waals surface area contributed by atoms with Crippen LogP contribution in [0, 0.1) is 10.1 Å². The molecule has 0 bridgehead atoms. The zero-order valence-corrected chi connectivity index (χ0v) is 12.4. The van der Waals surface area contributed by atoms with Gasteiger partial charge in [-0.25, -0.2) is 0 Å². The van der Waals surface area contributed by atoms with Crippen LogP contribution in [0.15, 0.2) is 36.4 Å². The van der Waals surface area contributed by atoms with E-state index in [0.717, 1.165) is 0 Å². The van der Waals surface area contributed by atoms with Gasteiger partial charge in [-0.1, -0.05) is 29.3 Å². The van der Waals surface area contributed by atoms with Gasteiger partial charge in [0.25, 0.3) is 0 Å². The molecule has 2 rings (SSSR count). The Morgan fingerprint density at radius 1 is 1.24 bits per heavy atom. The largest absolute Gasteiger partial charge is 0.450 e. The number of halogens is 2. The number of rotatable bonds is 4. The van der Waals surface area contributed by atoms with Crippen molar-refractivity contribution >= 4 is 28.9 Å². The Hall–Kier alpha value is -1.82. The molecule has 0 saturated heterocycles. The van der Waals surface area contributed by atoms with Crippen molar-refractivity contribution in [3.8, 4) is 11.5 Å². The molecule has 0 spiro atoms. The van der Waals surface area contributed by atoms with Crippen LogP contribution in [0.25, 0.3) is 0 Å². The number of nitro groups is 1. The van der Waals surface area contributed by atoms with Gasteiger partial charge in [-0.05, 0) is 30.7 Å². The second-order valence-electron chi connectivity index (χ2n) is 4.33. The van der Waals surface area contributed by atoms with Gasteiger partial charge in [0.2, 0.25) is 5.75 Å². The van der Waals surface area contributed by atoms with Gasteiger partial charge in [0.05, 0.1) is 16.0 Å². The van der Waals surface area contributed by atoms with Gasteiger partial charge in [0.15, 0.2) is 0 Å². The Morgan fingerprint density at radius 3 is 2.52 bits per heavy atom. The Morgan fingerprint density at radius 2 is 1.95 bits per heavy atom. The van der Waals surface area contributed by atoms with Crippen molar-refractivity contribution < 1.29 is 14.8 Å². The number of ether oxygens (including phenoxy) is 1. The molecule has 0 aliphatic rings. The maximum atomic E-state index is 11.0. The Kier molecular flexibility index (Phi) is 4.67. The lowest BCUT2D eigenvalue weighted by atomic mass is 10.1. The van der Waals surface area contributed by atoms with Gasteiger partial charge in [-0.3, -0.25) is 10.1 Å². The highest BCUT2D eigenvalue weighted by Crippen LogP contribution is 2.35. The number of aliphatic hydroxyl groups excluding tert-OH is 1. The van der Waals surface area contributed by atoms with Crippen molar-refractivity contribution in [1.82, 2.24) is 0 Å². The topological polar surface area (TPSA) is 72.6 Å². The van der Waals surface area contributed by atoms with Crippen molar-refractivity contribution in [1.29, 1.82) is 0 Å². The number of hydrogen-bond acceptors (Lipinski definition) is 4. The molecule has 7 heteroatoms. The molecular weight excluding hydrogens is 317 g/mol. The minimum absolute atomic E-state index is 0.0216. The SMILES string of the molecule is CC(O)c1ccc(Oc2cc(Cl)ccc2[N+](=O)[O-])cc1Cl. The average molecular weight is 328 g/mol. The van der Waals surface area contributed by atoms with Crippen molar-refractivity contribution in [2.75, 3.05) is 0 Å². The van der Waals surface area contributed by atoms with E-state index in [1.54, 1.807) is 19.1 Å². The first-order chi connectivity index (χ1) is 9.88. The molecule has 0 aromatic heterocycles. The fourth-order valence-corrected chi connectivity index (χ4v) is 2.25. The van der Waals surface area contributed by atoms with E-state index in [4.69, 9.17) is 27.9 Å². The summed E-state index contributed by atoms with van der Waals surface area (Å²) in [5, 5.41) is 21.1. The summed E-state index contributed by atoms with van der Waals surface area (Å²) in [4.78, 5) is 10.4. The minimum atomic E-state index is -0.716. The third-order valence-corrected chi connectivity index (χ3v) is 3.33. The number of hydrogen-bond donors (Lipinski definition) is 1. The summed E-state index contributed by atoms with van der Waals surface area (Å²) >= 11 is 11.8. The second-order valence-corrected chi connectivity index (χ2v) is 5.17. The molecule has 2 aromatic rings. The van der Waals surface area contributed by atoms with Crippen molar-refractivity contribution in [3.63, 3.8) is 0 Å². The van der Waals surface area contributed by atoms with E-state index >= 15 is 0 Å². The molecule has 1 unspecified atom stereocenters. The molecule has 2 aromatic carbocycles. The van der Waals surface area contributed by atoms with E-state index in [9.17, 15) is 15.2 Å². The van der Waals surface area contributed by atoms with Gasteiger partial charge >= 0.3 is 5.69 Å². The van der Waals surface area contributed by atoms with Crippen molar-refractivity contribution in [2.24, 2.45) is 0 Å². The molecule has 5 nitrogen and oxygen atoms in total. The average Bonchev–Trinajstić information content (AvgIpc) is 2.37. The fourth-order valence-electron chi connectivity index (χ4n) is 1.76. The third-order valence-electron chi connectivity index (χ3n) is 2.77. The van der Waals surface area contributed by atoms with Crippen molar-refractivity contribution in [2.45, 2.75) is 13.0 Å². The number of aliphatic hydroxyl groups is 1. The Balaban J connectivity index is 2.36. The highest BCUT2D eigenvalue weighted by Gasteiger charge is 2.17. The standard InChI is InChI=1S/C14H11Cl2NO4/c1-8(18)11-4-3-10(7-12(11)16)21-14-6-9(15)2-5-13(14)17(19)20/h2-8,18H,1H3. The lowest BCUT2D eigenvalue weighted by Gasteiger charge is -2.11. The van der Waals surface area contributed by atoms with E-state index in [1.165, 1.54) is 24.3 Å². The Bertz CT molecular complexity index is 689. The van der Waals surface area contributed by atoms with Crippen molar-refractivity contribution in [3.05, 3.63) is 62.1 Å². The molecule has 1 atom stereocenters. The summed E-state index contributed by atoms with van der Waals surface area (Å²) in [6.45, 7) is 1.59. The lowest BCUT2D eigenvalue weighted by molar-refractivity contribution is -0.385. The first kappa shape index (κ1) is 15.6. The van der Waals surface area contributed by atoms with Crippen LogP contribution in [0.5, 0.6) is 11.5 Å². The van der Waals surface area contributed by atoms with Crippen LogP contribution in [-0.2, 0) is 0 Å². The molecule has 0 radical (unpaired) electrons. The van der Waals surface area contributed by atoms with E-state index < -0.39 is 11.0 Å². The van der Waals surface area contributed by atoms with Crippen LogP contribution in [0.3, 0.4) is 0 Å². The molecular formula is C14H11Cl2NO4. The zero-order chi connectivity index (χ0) is 15.6. The number of benzene rings is 2. The summed E-state index contributed by atoms with van der Waals surface area (Å²) in [5.74, 6) is 0.336. The minimum Gasteiger partial charge on any atom is -0.450 e. The van der Waals surface area contributed by atoms with Gasteiger partial charge in [-0.2, -0.15) is 0 Å². The van der Waals surface area contributed by atoms with Crippen LogP contribution in [0.4, 0.5) is 5.69 Å². The molecule has 0 aliphatic heterocycles. The van der Waals surface area contributed by atoms with Gasteiger partial charge in [0, 0.05) is 17.2 Å². The second kappa shape index (κ2) is 6.30. The number of nitro benzene ring substituents is 1. The highest BCUT2D eigenvalue weighted by atomic mass is 35.5. The normalized spacial score (nSPS) is 12.0. The molecule has 110 valence electrons. The first-order valence-corrected chi connectivity index (χ1v) is 6.73. The molecule has 0 saturated carbocycles. The number of nitrogens with zero attached hydrogens (tertiary/aromatic N) is 1. The maximum Gasteiger partial charge on any atom is 0.311 e. The summed E-state index contributed by atoms with van der Waals surface area (Å²) in [6.07, 6.45) is -0.716. The summed E-state index contributed by atoms with van der Waals surface area (Å²) < 4.78 is 5.48. The summed E-state index contributed by atoms with van der Waals surface area (Å²) in [5.41, 5.74) is 0.347. The van der Waals surface area contributed by atoms with Crippen LogP contribution in [-0.4, -0.2) is 10.0 Å². The van der Waals surface area contributed by atoms with E-state index in [0.29, 0.717) is 21.4 Å². The van der Waals surface area contributed by atoms with Gasteiger partial charge in [0.1, 0.15) is 5.75 Å². The van der Waals surface area contributed by atoms with E-state index in [1.807, 2.05) is 0 Å². The van der Waals surface area contributed by atoms with E-state index in [-0.39, 0.29) is 11.4 Å².